The van der Waals surface area contributed by atoms with Crippen molar-refractivity contribution in [1.82, 2.24) is 14.7 Å². The SMILES string of the molecule is CC(C(=O)Nc1ccccc1CN(C)C1CCCCC1)n1cccn1. The lowest BCUT2D eigenvalue weighted by Gasteiger charge is -2.31. The number of amides is 1. The van der Waals surface area contributed by atoms with Crippen LogP contribution in [0.15, 0.2) is 42.7 Å². The monoisotopic (exact) mass is 340 g/mol. The summed E-state index contributed by atoms with van der Waals surface area (Å²) in [7, 11) is 2.20. The van der Waals surface area contributed by atoms with E-state index >= 15 is 0 Å². The molecule has 5 nitrogen and oxygen atoms in total. The normalized spacial score (nSPS) is 16.8. The molecule has 0 radical (unpaired) electrons. The first-order valence-electron chi connectivity index (χ1n) is 9.23. The van der Waals surface area contributed by atoms with Crippen molar-refractivity contribution in [2.24, 2.45) is 0 Å². The lowest BCUT2D eigenvalue weighted by atomic mass is 9.94. The van der Waals surface area contributed by atoms with Crippen molar-refractivity contribution >= 4 is 11.6 Å². The number of rotatable bonds is 6. The van der Waals surface area contributed by atoms with E-state index in [4.69, 9.17) is 0 Å². The van der Waals surface area contributed by atoms with Gasteiger partial charge < -0.3 is 5.32 Å². The van der Waals surface area contributed by atoms with E-state index < -0.39 is 0 Å². The van der Waals surface area contributed by atoms with Gasteiger partial charge in [0.25, 0.3) is 0 Å². The minimum absolute atomic E-state index is 0.0449. The first kappa shape index (κ1) is 17.7. The van der Waals surface area contributed by atoms with Crippen LogP contribution in [0.2, 0.25) is 0 Å². The molecular formula is C20H28N4O. The lowest BCUT2D eigenvalue weighted by Crippen LogP contribution is -2.33. The first-order valence-corrected chi connectivity index (χ1v) is 9.23. The van der Waals surface area contributed by atoms with Crippen LogP contribution in [0.4, 0.5) is 5.69 Å². The van der Waals surface area contributed by atoms with E-state index in [0.29, 0.717) is 6.04 Å². The molecule has 2 aromatic rings. The highest BCUT2D eigenvalue weighted by atomic mass is 16.2. The van der Waals surface area contributed by atoms with Crippen molar-refractivity contribution in [3.8, 4) is 0 Å². The Kier molecular flexibility index (Phi) is 5.87. The molecule has 1 aliphatic carbocycles. The van der Waals surface area contributed by atoms with Crippen LogP contribution in [0.1, 0.15) is 50.6 Å². The minimum Gasteiger partial charge on any atom is -0.324 e. The molecule has 0 spiro atoms. The van der Waals surface area contributed by atoms with E-state index in [-0.39, 0.29) is 11.9 Å². The smallest absolute Gasteiger partial charge is 0.248 e. The highest BCUT2D eigenvalue weighted by molar-refractivity contribution is 5.94. The Morgan fingerprint density at radius 1 is 1.28 bits per heavy atom. The molecule has 1 aromatic heterocycles. The van der Waals surface area contributed by atoms with Gasteiger partial charge in [0.2, 0.25) is 5.91 Å². The van der Waals surface area contributed by atoms with Crippen LogP contribution >= 0.6 is 0 Å². The van der Waals surface area contributed by atoms with Gasteiger partial charge in [-0.05, 0) is 44.5 Å². The van der Waals surface area contributed by atoms with Gasteiger partial charge in [-0.3, -0.25) is 14.4 Å². The first-order chi connectivity index (χ1) is 12.1. The van der Waals surface area contributed by atoms with E-state index in [2.05, 4.69) is 28.4 Å². The maximum atomic E-state index is 12.6. The number of benzene rings is 1. The van der Waals surface area contributed by atoms with Gasteiger partial charge in [-0.1, -0.05) is 37.5 Å². The summed E-state index contributed by atoms with van der Waals surface area (Å²) in [4.78, 5) is 15.0. The predicted octanol–water partition coefficient (Wildman–Crippen LogP) is 3.85. The van der Waals surface area contributed by atoms with Gasteiger partial charge in [0, 0.05) is 30.7 Å². The molecule has 1 saturated carbocycles. The molecule has 1 fully saturated rings. The average molecular weight is 340 g/mol. The van der Waals surface area contributed by atoms with Crippen molar-refractivity contribution in [2.45, 2.75) is 57.7 Å². The summed E-state index contributed by atoms with van der Waals surface area (Å²) in [5, 5.41) is 7.24. The summed E-state index contributed by atoms with van der Waals surface area (Å²) in [6.07, 6.45) is 10.1. The number of hydrogen-bond donors (Lipinski definition) is 1. The molecule has 1 aromatic carbocycles. The molecule has 1 atom stereocenters. The standard InChI is InChI=1S/C20H28N4O/c1-16(24-14-8-13-21-24)20(25)22-19-12-7-6-9-17(19)15-23(2)18-10-4-3-5-11-18/h6-9,12-14,16,18H,3-5,10-11,15H2,1-2H3,(H,22,25). The Morgan fingerprint density at radius 2 is 2.04 bits per heavy atom. The molecule has 0 saturated heterocycles. The van der Waals surface area contributed by atoms with Gasteiger partial charge in [0.1, 0.15) is 6.04 Å². The summed E-state index contributed by atoms with van der Waals surface area (Å²) in [6, 6.07) is 10.2. The molecule has 0 aliphatic heterocycles. The average Bonchev–Trinajstić information content (AvgIpc) is 3.18. The highest BCUT2D eigenvalue weighted by Crippen LogP contribution is 2.25. The summed E-state index contributed by atoms with van der Waals surface area (Å²) >= 11 is 0. The molecule has 134 valence electrons. The Bertz CT molecular complexity index is 677. The second-order valence-corrected chi connectivity index (χ2v) is 7.02. The molecule has 1 unspecified atom stereocenters. The molecule has 5 heteroatoms. The minimum atomic E-state index is -0.334. The van der Waals surface area contributed by atoms with Crippen molar-refractivity contribution in [3.05, 3.63) is 48.3 Å². The molecule has 1 heterocycles. The topological polar surface area (TPSA) is 50.2 Å². The predicted molar refractivity (Wildman–Crippen MR) is 100 cm³/mol. The van der Waals surface area contributed by atoms with E-state index in [1.54, 1.807) is 10.9 Å². The van der Waals surface area contributed by atoms with Gasteiger partial charge in [0.05, 0.1) is 0 Å². The zero-order chi connectivity index (χ0) is 17.6. The summed E-state index contributed by atoms with van der Waals surface area (Å²) in [6.45, 7) is 2.72. The quantitative estimate of drug-likeness (QED) is 0.869. The van der Waals surface area contributed by atoms with Crippen molar-refractivity contribution in [2.75, 3.05) is 12.4 Å². The second-order valence-electron chi connectivity index (χ2n) is 7.02. The fourth-order valence-corrected chi connectivity index (χ4v) is 3.57. The van der Waals surface area contributed by atoms with Crippen LogP contribution in [-0.4, -0.2) is 33.7 Å². The number of nitrogens with one attached hydrogen (secondary N) is 1. The number of aromatic nitrogens is 2. The molecule has 1 amide bonds. The largest absolute Gasteiger partial charge is 0.324 e. The van der Waals surface area contributed by atoms with Crippen molar-refractivity contribution in [1.29, 1.82) is 0 Å². The Hall–Kier alpha value is -2.14. The van der Waals surface area contributed by atoms with Crippen LogP contribution in [0.25, 0.3) is 0 Å². The molecule has 1 aliphatic rings. The van der Waals surface area contributed by atoms with Gasteiger partial charge in [-0.2, -0.15) is 5.10 Å². The number of anilines is 1. The molecule has 1 N–H and O–H groups in total. The van der Waals surface area contributed by atoms with Gasteiger partial charge in [-0.25, -0.2) is 0 Å². The zero-order valence-electron chi connectivity index (χ0n) is 15.2. The third-order valence-electron chi connectivity index (χ3n) is 5.19. The molecular weight excluding hydrogens is 312 g/mol. The maximum Gasteiger partial charge on any atom is 0.248 e. The Balaban J connectivity index is 1.67. The van der Waals surface area contributed by atoms with E-state index in [0.717, 1.165) is 17.8 Å². The molecule has 25 heavy (non-hydrogen) atoms. The van der Waals surface area contributed by atoms with Crippen LogP contribution in [-0.2, 0) is 11.3 Å². The second kappa shape index (κ2) is 8.30. The van der Waals surface area contributed by atoms with Crippen molar-refractivity contribution < 1.29 is 4.79 Å². The van der Waals surface area contributed by atoms with Gasteiger partial charge in [-0.15, -0.1) is 0 Å². The highest BCUT2D eigenvalue weighted by Gasteiger charge is 2.20. The van der Waals surface area contributed by atoms with Gasteiger partial charge >= 0.3 is 0 Å². The molecule has 3 rings (SSSR count). The third kappa shape index (κ3) is 4.48. The van der Waals surface area contributed by atoms with E-state index in [1.165, 1.54) is 32.1 Å². The number of carbonyl (C=O) groups is 1. The van der Waals surface area contributed by atoms with Crippen molar-refractivity contribution in [3.63, 3.8) is 0 Å². The Morgan fingerprint density at radius 3 is 2.76 bits per heavy atom. The molecule has 0 bridgehead atoms. The Labute approximate surface area is 150 Å². The fourth-order valence-electron chi connectivity index (χ4n) is 3.57. The maximum absolute atomic E-state index is 12.6. The lowest BCUT2D eigenvalue weighted by molar-refractivity contribution is -0.119. The van der Waals surface area contributed by atoms with E-state index in [9.17, 15) is 4.79 Å². The van der Waals surface area contributed by atoms with Crippen LogP contribution in [0.3, 0.4) is 0 Å². The third-order valence-corrected chi connectivity index (χ3v) is 5.19. The summed E-state index contributed by atoms with van der Waals surface area (Å²) in [5.41, 5.74) is 2.06. The number of para-hydroxylation sites is 1. The van der Waals surface area contributed by atoms with Gasteiger partial charge in [0.15, 0.2) is 0 Å². The summed E-state index contributed by atoms with van der Waals surface area (Å²) < 4.78 is 1.67. The van der Waals surface area contributed by atoms with Crippen LogP contribution < -0.4 is 5.32 Å². The van der Waals surface area contributed by atoms with Crippen LogP contribution in [0, 0.1) is 0 Å². The van der Waals surface area contributed by atoms with Crippen LogP contribution in [0.5, 0.6) is 0 Å². The zero-order valence-corrected chi connectivity index (χ0v) is 15.2. The number of nitrogens with zero attached hydrogens (tertiary/aromatic N) is 3. The fraction of sp³-hybridized carbons (Fsp3) is 0.500. The van der Waals surface area contributed by atoms with E-state index in [1.807, 2.05) is 37.4 Å². The summed E-state index contributed by atoms with van der Waals surface area (Å²) in [5.74, 6) is -0.0449. The number of carbonyl (C=O) groups excluding carboxylic acids is 1. The number of hydrogen-bond acceptors (Lipinski definition) is 3.